The van der Waals surface area contributed by atoms with Gasteiger partial charge in [-0.1, -0.05) is 50.2 Å². The van der Waals surface area contributed by atoms with Gasteiger partial charge in [-0.25, -0.2) is 4.98 Å². The highest BCUT2D eigenvalue weighted by molar-refractivity contribution is 5.83. The van der Waals surface area contributed by atoms with Crippen LogP contribution in [-0.2, 0) is 6.61 Å². The van der Waals surface area contributed by atoms with E-state index in [1.165, 1.54) is 4.68 Å². The number of aromatic nitrogens is 2. The average molecular weight is 442 g/mol. The van der Waals surface area contributed by atoms with Crippen molar-refractivity contribution in [1.82, 2.24) is 9.66 Å². The molecule has 3 aromatic carbocycles. The van der Waals surface area contributed by atoms with Gasteiger partial charge >= 0.3 is 0 Å². The van der Waals surface area contributed by atoms with Gasteiger partial charge in [-0.05, 0) is 54.3 Å². The number of aryl methyl sites for hydroxylation is 1. The fraction of sp³-hybridized carbons (Fsp3) is 0.222. The Kier molecular flexibility index (Phi) is 6.54. The molecule has 0 saturated heterocycles. The molecule has 0 bridgehead atoms. The molecule has 0 unspecified atom stereocenters. The third kappa shape index (κ3) is 4.80. The summed E-state index contributed by atoms with van der Waals surface area (Å²) in [5.41, 5.74) is 3.32. The van der Waals surface area contributed by atoms with Gasteiger partial charge in [0.2, 0.25) is 0 Å². The number of rotatable bonds is 7. The van der Waals surface area contributed by atoms with Crippen LogP contribution >= 0.6 is 0 Å². The van der Waals surface area contributed by atoms with Crippen molar-refractivity contribution in [3.63, 3.8) is 0 Å². The first kappa shape index (κ1) is 22.3. The molecule has 4 rings (SSSR count). The van der Waals surface area contributed by atoms with Gasteiger partial charge in [-0.15, -0.1) is 0 Å². The molecule has 0 aliphatic carbocycles. The molecule has 1 heterocycles. The van der Waals surface area contributed by atoms with E-state index >= 15 is 0 Å². The number of fused-ring (bicyclic) bond motifs is 1. The Hall–Kier alpha value is -3.93. The normalized spacial score (nSPS) is 11.4. The molecular formula is C27H27N3O3. The quantitative estimate of drug-likeness (QED) is 0.365. The Labute approximate surface area is 193 Å². The second-order valence-electron chi connectivity index (χ2n) is 8.13. The molecule has 0 aliphatic heterocycles. The van der Waals surface area contributed by atoms with Crippen LogP contribution in [0.15, 0.2) is 76.6 Å². The minimum Gasteiger partial charge on any atom is -0.496 e. The van der Waals surface area contributed by atoms with Crippen LogP contribution in [0.25, 0.3) is 10.9 Å². The van der Waals surface area contributed by atoms with Crippen molar-refractivity contribution < 1.29 is 9.47 Å². The van der Waals surface area contributed by atoms with Crippen LogP contribution in [-0.4, -0.2) is 23.0 Å². The average Bonchev–Trinajstić information content (AvgIpc) is 2.82. The maximum Gasteiger partial charge on any atom is 0.282 e. The number of methoxy groups -OCH3 is 1. The van der Waals surface area contributed by atoms with Crippen molar-refractivity contribution in [2.45, 2.75) is 33.3 Å². The number of para-hydroxylation sites is 2. The van der Waals surface area contributed by atoms with E-state index in [2.05, 4.69) is 31.1 Å². The zero-order chi connectivity index (χ0) is 23.4. The monoisotopic (exact) mass is 441 g/mol. The largest absolute Gasteiger partial charge is 0.496 e. The molecule has 0 aliphatic rings. The Morgan fingerprint density at radius 1 is 1.03 bits per heavy atom. The van der Waals surface area contributed by atoms with Gasteiger partial charge < -0.3 is 9.47 Å². The Morgan fingerprint density at radius 2 is 1.79 bits per heavy atom. The predicted molar refractivity (Wildman–Crippen MR) is 132 cm³/mol. The van der Waals surface area contributed by atoms with E-state index in [1.807, 2.05) is 55.5 Å². The van der Waals surface area contributed by atoms with Gasteiger partial charge in [-0.3, -0.25) is 4.79 Å². The van der Waals surface area contributed by atoms with Gasteiger partial charge in [0, 0.05) is 5.56 Å². The first-order valence-corrected chi connectivity index (χ1v) is 10.9. The molecule has 168 valence electrons. The molecule has 33 heavy (non-hydrogen) atoms. The lowest BCUT2D eigenvalue weighted by Gasteiger charge is -2.16. The van der Waals surface area contributed by atoms with E-state index in [0.29, 0.717) is 28.4 Å². The summed E-state index contributed by atoms with van der Waals surface area (Å²) in [6.07, 6.45) is 1.60. The summed E-state index contributed by atoms with van der Waals surface area (Å²) in [7, 11) is 1.60. The minimum absolute atomic E-state index is 0.104. The van der Waals surface area contributed by atoms with Crippen LogP contribution in [0.4, 0.5) is 0 Å². The van der Waals surface area contributed by atoms with Crippen molar-refractivity contribution >= 4 is 17.1 Å². The summed E-state index contributed by atoms with van der Waals surface area (Å²) in [6, 6.07) is 20.9. The molecule has 0 radical (unpaired) electrons. The summed E-state index contributed by atoms with van der Waals surface area (Å²) >= 11 is 0. The summed E-state index contributed by atoms with van der Waals surface area (Å²) in [4.78, 5) is 18.0. The zero-order valence-corrected chi connectivity index (χ0v) is 19.3. The molecule has 4 aromatic rings. The standard InChI is InChI=1S/C27H27N3O3/c1-18(2)21-14-13-19(3)15-25(21)33-17-26-29-23-11-7-6-10-22(23)27(31)30(26)28-16-20-9-5-8-12-24(20)32-4/h5-16,18H,17H2,1-4H3. The van der Waals surface area contributed by atoms with E-state index in [0.717, 1.165) is 22.4 Å². The maximum absolute atomic E-state index is 13.3. The number of ether oxygens (including phenoxy) is 2. The van der Waals surface area contributed by atoms with Crippen molar-refractivity contribution in [3.05, 3.63) is 99.6 Å². The maximum atomic E-state index is 13.3. The zero-order valence-electron chi connectivity index (χ0n) is 19.3. The predicted octanol–water partition coefficient (Wildman–Crippen LogP) is 5.30. The number of hydrogen-bond acceptors (Lipinski definition) is 5. The van der Waals surface area contributed by atoms with Gasteiger partial charge in [0.15, 0.2) is 5.82 Å². The third-order valence-electron chi connectivity index (χ3n) is 5.42. The molecule has 0 atom stereocenters. The topological polar surface area (TPSA) is 65.7 Å². The highest BCUT2D eigenvalue weighted by Crippen LogP contribution is 2.28. The minimum atomic E-state index is -0.251. The summed E-state index contributed by atoms with van der Waals surface area (Å²) in [6.45, 7) is 6.38. The van der Waals surface area contributed by atoms with Gasteiger partial charge in [0.1, 0.15) is 18.1 Å². The van der Waals surface area contributed by atoms with Gasteiger partial charge in [-0.2, -0.15) is 9.78 Å². The van der Waals surface area contributed by atoms with Gasteiger partial charge in [0.05, 0.1) is 24.2 Å². The highest BCUT2D eigenvalue weighted by Gasteiger charge is 2.14. The SMILES string of the molecule is COc1ccccc1C=Nn1c(COc2cc(C)ccc2C(C)C)nc2ccccc2c1=O. The van der Waals surface area contributed by atoms with Crippen LogP contribution in [0.1, 0.15) is 42.3 Å². The van der Waals surface area contributed by atoms with E-state index in [1.54, 1.807) is 19.4 Å². The molecule has 0 spiro atoms. The van der Waals surface area contributed by atoms with E-state index in [4.69, 9.17) is 14.5 Å². The van der Waals surface area contributed by atoms with E-state index in [9.17, 15) is 4.79 Å². The Balaban J connectivity index is 1.77. The lowest BCUT2D eigenvalue weighted by molar-refractivity contribution is 0.285. The number of hydrogen-bond donors (Lipinski definition) is 0. The third-order valence-corrected chi connectivity index (χ3v) is 5.42. The van der Waals surface area contributed by atoms with Crippen LogP contribution in [0.2, 0.25) is 0 Å². The molecule has 0 N–H and O–H groups in total. The van der Waals surface area contributed by atoms with Crippen molar-refractivity contribution in [2.75, 3.05) is 7.11 Å². The van der Waals surface area contributed by atoms with Crippen LogP contribution in [0, 0.1) is 6.92 Å². The lowest BCUT2D eigenvalue weighted by atomic mass is 10.0. The molecule has 0 amide bonds. The fourth-order valence-electron chi connectivity index (χ4n) is 3.66. The summed E-state index contributed by atoms with van der Waals surface area (Å²) < 4.78 is 12.9. The first-order chi connectivity index (χ1) is 16.0. The Morgan fingerprint density at radius 3 is 2.58 bits per heavy atom. The molecular weight excluding hydrogens is 414 g/mol. The second kappa shape index (κ2) is 9.69. The van der Waals surface area contributed by atoms with Crippen LogP contribution < -0.4 is 15.0 Å². The molecule has 6 nitrogen and oxygen atoms in total. The number of nitrogens with zero attached hydrogens (tertiary/aromatic N) is 3. The Bertz CT molecular complexity index is 1370. The second-order valence-corrected chi connectivity index (χ2v) is 8.13. The van der Waals surface area contributed by atoms with E-state index < -0.39 is 0 Å². The lowest BCUT2D eigenvalue weighted by Crippen LogP contribution is -2.23. The van der Waals surface area contributed by atoms with Crippen LogP contribution in [0.5, 0.6) is 11.5 Å². The summed E-state index contributed by atoms with van der Waals surface area (Å²) in [5, 5.41) is 4.98. The van der Waals surface area contributed by atoms with Crippen molar-refractivity contribution in [1.29, 1.82) is 0 Å². The fourth-order valence-corrected chi connectivity index (χ4v) is 3.66. The van der Waals surface area contributed by atoms with E-state index in [-0.39, 0.29) is 12.2 Å². The van der Waals surface area contributed by atoms with Crippen molar-refractivity contribution in [3.8, 4) is 11.5 Å². The van der Waals surface area contributed by atoms with Crippen molar-refractivity contribution in [2.24, 2.45) is 5.10 Å². The molecule has 1 aromatic heterocycles. The summed E-state index contributed by atoms with van der Waals surface area (Å²) in [5.74, 6) is 2.17. The van der Waals surface area contributed by atoms with Crippen LogP contribution in [0.3, 0.4) is 0 Å². The first-order valence-electron chi connectivity index (χ1n) is 10.9. The molecule has 0 fully saturated rings. The highest BCUT2D eigenvalue weighted by atomic mass is 16.5. The smallest absolute Gasteiger partial charge is 0.282 e. The molecule has 0 saturated carbocycles. The number of benzene rings is 3. The molecule has 6 heteroatoms. The van der Waals surface area contributed by atoms with Gasteiger partial charge in [0.25, 0.3) is 5.56 Å².